The number of pyridine rings is 1. The molecule has 12 heavy (non-hydrogen) atoms. The third kappa shape index (κ3) is 1.26. The Morgan fingerprint density at radius 1 is 1.67 bits per heavy atom. The summed E-state index contributed by atoms with van der Waals surface area (Å²) < 4.78 is 0. The fraction of sp³-hybridized carbons (Fsp3) is 0.375. The van der Waals surface area contributed by atoms with Gasteiger partial charge in [-0.25, -0.2) is 4.98 Å². The fourth-order valence-electron chi connectivity index (χ4n) is 1.30. The lowest BCUT2D eigenvalue weighted by atomic mass is 9.98. The van der Waals surface area contributed by atoms with Gasteiger partial charge in [0.05, 0.1) is 0 Å². The van der Waals surface area contributed by atoms with Gasteiger partial charge in [-0.05, 0) is 19.0 Å². The van der Waals surface area contributed by atoms with Crippen molar-refractivity contribution in [2.24, 2.45) is 0 Å². The van der Waals surface area contributed by atoms with Crippen LogP contribution in [0.5, 0.6) is 0 Å². The maximum absolute atomic E-state index is 5.77. The highest BCUT2D eigenvalue weighted by Crippen LogP contribution is 2.27. The van der Waals surface area contributed by atoms with Crippen molar-refractivity contribution in [1.82, 2.24) is 10.3 Å². The predicted octanol–water partition coefficient (Wildman–Crippen LogP) is 1.35. The number of nitrogens with one attached hydrogen (secondary N) is 1. The van der Waals surface area contributed by atoms with E-state index in [9.17, 15) is 0 Å². The van der Waals surface area contributed by atoms with Crippen molar-refractivity contribution in [3.05, 3.63) is 23.0 Å². The Morgan fingerprint density at radius 3 is 2.92 bits per heavy atom. The molecule has 1 aromatic rings. The molecule has 3 nitrogen and oxygen atoms in total. The molecule has 0 aromatic carbocycles. The van der Waals surface area contributed by atoms with Gasteiger partial charge >= 0.3 is 0 Å². The Bertz CT molecular complexity index is 296. The van der Waals surface area contributed by atoms with Crippen molar-refractivity contribution in [3.63, 3.8) is 0 Å². The third-order valence-electron chi connectivity index (χ3n) is 2.13. The molecule has 1 fully saturated rings. The van der Waals surface area contributed by atoms with Gasteiger partial charge in [0.15, 0.2) is 0 Å². The molecule has 0 aliphatic carbocycles. The molecule has 0 saturated carbocycles. The van der Waals surface area contributed by atoms with E-state index in [1.54, 1.807) is 12.3 Å². The Labute approximate surface area is 75.9 Å². The maximum Gasteiger partial charge on any atom is 0.131 e. The van der Waals surface area contributed by atoms with Crippen molar-refractivity contribution >= 4 is 17.3 Å². The molecule has 4 heteroatoms. The third-order valence-corrected chi connectivity index (χ3v) is 2.34. The van der Waals surface area contributed by atoms with Gasteiger partial charge in [0, 0.05) is 23.5 Å². The molecule has 0 spiro atoms. The number of hydrogen-bond donors (Lipinski definition) is 2. The van der Waals surface area contributed by atoms with E-state index in [1.165, 1.54) is 0 Å². The second-order valence-electron chi connectivity index (χ2n) is 2.93. The lowest BCUT2D eigenvalue weighted by Gasteiger charge is -2.28. The van der Waals surface area contributed by atoms with Crippen LogP contribution in [-0.2, 0) is 0 Å². The van der Waals surface area contributed by atoms with Crippen LogP contribution in [0.3, 0.4) is 0 Å². The molecule has 1 aromatic heterocycles. The number of rotatable bonds is 1. The Morgan fingerprint density at radius 2 is 2.42 bits per heavy atom. The lowest BCUT2D eigenvalue weighted by molar-refractivity contribution is 0.383. The zero-order valence-electron chi connectivity index (χ0n) is 6.55. The van der Waals surface area contributed by atoms with Gasteiger partial charge in [-0.15, -0.1) is 0 Å². The average molecular weight is 184 g/mol. The lowest BCUT2D eigenvalue weighted by Crippen LogP contribution is -2.35. The van der Waals surface area contributed by atoms with Crippen LogP contribution in [0.25, 0.3) is 0 Å². The number of nitrogens with zero attached hydrogens (tertiary/aromatic N) is 1. The Kier molecular flexibility index (Phi) is 1.90. The summed E-state index contributed by atoms with van der Waals surface area (Å²) in [4.78, 5) is 3.99. The highest BCUT2D eigenvalue weighted by atomic mass is 35.5. The van der Waals surface area contributed by atoms with E-state index in [0.717, 1.165) is 24.2 Å². The summed E-state index contributed by atoms with van der Waals surface area (Å²) in [5.74, 6) is 0. The van der Waals surface area contributed by atoms with Gasteiger partial charge in [0.1, 0.15) is 5.15 Å². The van der Waals surface area contributed by atoms with Crippen LogP contribution in [0.15, 0.2) is 12.3 Å². The number of halogens is 1. The van der Waals surface area contributed by atoms with Gasteiger partial charge in [0.25, 0.3) is 0 Å². The minimum absolute atomic E-state index is 0.384. The van der Waals surface area contributed by atoms with Gasteiger partial charge < -0.3 is 11.1 Å². The number of hydrogen-bond acceptors (Lipinski definition) is 3. The van der Waals surface area contributed by atoms with E-state index in [1.807, 2.05) is 0 Å². The summed E-state index contributed by atoms with van der Waals surface area (Å²) in [5.41, 5.74) is 7.56. The van der Waals surface area contributed by atoms with E-state index in [4.69, 9.17) is 17.3 Å². The van der Waals surface area contributed by atoms with Crippen LogP contribution >= 0.6 is 11.6 Å². The summed E-state index contributed by atoms with van der Waals surface area (Å²) >= 11 is 5.67. The minimum atomic E-state index is 0.384. The van der Waals surface area contributed by atoms with E-state index < -0.39 is 0 Å². The van der Waals surface area contributed by atoms with E-state index in [-0.39, 0.29) is 0 Å². The summed E-state index contributed by atoms with van der Waals surface area (Å²) in [6.45, 7) is 1.06. The highest BCUT2D eigenvalue weighted by Gasteiger charge is 2.20. The minimum Gasteiger partial charge on any atom is -0.398 e. The molecular formula is C8H10ClN3. The molecule has 0 bridgehead atoms. The van der Waals surface area contributed by atoms with Gasteiger partial charge in [0.2, 0.25) is 0 Å². The number of nitrogen functional groups attached to an aromatic ring is 1. The number of anilines is 1. The quantitative estimate of drug-likeness (QED) is 0.647. The monoisotopic (exact) mass is 183 g/mol. The SMILES string of the molecule is Nc1cc(Cl)ncc1C1CCN1. The number of nitrogens with two attached hydrogens (primary N) is 1. The smallest absolute Gasteiger partial charge is 0.131 e. The van der Waals surface area contributed by atoms with Crippen molar-refractivity contribution in [3.8, 4) is 0 Å². The Hall–Kier alpha value is -0.800. The molecule has 0 radical (unpaired) electrons. The van der Waals surface area contributed by atoms with E-state index >= 15 is 0 Å². The van der Waals surface area contributed by atoms with Crippen LogP contribution in [0, 0.1) is 0 Å². The fourth-order valence-corrected chi connectivity index (χ4v) is 1.47. The summed E-state index contributed by atoms with van der Waals surface area (Å²) in [7, 11) is 0. The second-order valence-corrected chi connectivity index (χ2v) is 3.32. The summed E-state index contributed by atoms with van der Waals surface area (Å²) in [5, 5.41) is 3.71. The Balaban J connectivity index is 2.31. The molecule has 2 heterocycles. The largest absolute Gasteiger partial charge is 0.398 e. The van der Waals surface area contributed by atoms with E-state index in [0.29, 0.717) is 11.2 Å². The first-order valence-electron chi connectivity index (χ1n) is 3.91. The van der Waals surface area contributed by atoms with Gasteiger partial charge in [-0.1, -0.05) is 11.6 Å². The topological polar surface area (TPSA) is 50.9 Å². The van der Waals surface area contributed by atoms with Gasteiger partial charge in [-0.2, -0.15) is 0 Å². The molecule has 2 rings (SSSR count). The second kappa shape index (κ2) is 2.92. The van der Waals surface area contributed by atoms with Crippen LogP contribution in [0.2, 0.25) is 5.15 Å². The zero-order chi connectivity index (χ0) is 8.55. The van der Waals surface area contributed by atoms with Crippen LogP contribution < -0.4 is 11.1 Å². The highest BCUT2D eigenvalue weighted by molar-refractivity contribution is 6.29. The van der Waals surface area contributed by atoms with E-state index in [2.05, 4.69) is 10.3 Å². The first-order valence-corrected chi connectivity index (χ1v) is 4.29. The molecule has 1 unspecified atom stereocenters. The van der Waals surface area contributed by atoms with Crippen molar-refractivity contribution in [2.75, 3.05) is 12.3 Å². The van der Waals surface area contributed by atoms with Crippen molar-refractivity contribution < 1.29 is 0 Å². The normalized spacial score (nSPS) is 21.9. The molecular weight excluding hydrogens is 174 g/mol. The average Bonchev–Trinajstić information content (AvgIpc) is 1.91. The van der Waals surface area contributed by atoms with Crippen LogP contribution in [-0.4, -0.2) is 11.5 Å². The first kappa shape index (κ1) is 7.83. The predicted molar refractivity (Wildman–Crippen MR) is 49.0 cm³/mol. The molecule has 1 atom stereocenters. The molecule has 1 aliphatic rings. The molecule has 64 valence electrons. The molecule has 1 saturated heterocycles. The van der Waals surface area contributed by atoms with Crippen LogP contribution in [0.4, 0.5) is 5.69 Å². The van der Waals surface area contributed by atoms with Crippen LogP contribution in [0.1, 0.15) is 18.0 Å². The standard InChI is InChI=1S/C8H10ClN3/c9-8-3-6(10)5(4-12-8)7-1-2-11-7/h3-4,7,11H,1-2H2,(H2,10,12). The maximum atomic E-state index is 5.77. The van der Waals surface area contributed by atoms with Crippen molar-refractivity contribution in [2.45, 2.75) is 12.5 Å². The molecule has 3 N–H and O–H groups in total. The van der Waals surface area contributed by atoms with Gasteiger partial charge in [-0.3, -0.25) is 0 Å². The summed E-state index contributed by atoms with van der Waals surface area (Å²) in [6, 6.07) is 2.08. The molecule has 0 amide bonds. The molecule has 1 aliphatic heterocycles. The first-order chi connectivity index (χ1) is 5.77. The zero-order valence-corrected chi connectivity index (χ0v) is 7.30. The number of aromatic nitrogens is 1. The summed E-state index contributed by atoms with van der Waals surface area (Å²) in [6.07, 6.45) is 2.88. The van der Waals surface area contributed by atoms with Crippen molar-refractivity contribution in [1.29, 1.82) is 0 Å².